The number of rotatable bonds is 2. The number of nitrogens with two attached hydrogens (primary N) is 1. The number of aryl methyl sites for hydroxylation is 1. The standard InChI is InChI=1S/C32H33N5O6S/c1-41-27-14-19-4-9-26(27)42-18-30(39)35-24-17-37(31(40)21-6-10-28-23(15-21)36-32(33)44-28)13-12-25(24)43-22-7-2-20(3-8-22)16-34-29(38)11-5-19/h2-4,6-10,14-15,24-25H,5,11-13,16-18H2,1H3,(H2,33,36)(H,34,38)(H,35,39)/t24-,25-/m1/s1. The maximum Gasteiger partial charge on any atom is 0.258 e. The van der Waals surface area contributed by atoms with Gasteiger partial charge in [-0.2, -0.15) is 0 Å². The molecule has 1 fully saturated rings. The second-order valence-corrected chi connectivity index (χ2v) is 11.9. The summed E-state index contributed by atoms with van der Waals surface area (Å²) in [7, 11) is 1.53. The Labute approximate surface area is 258 Å². The molecule has 5 aliphatic rings. The molecular formula is C32H33N5O6S. The number of likely N-dealkylation sites (tertiary alicyclic amines) is 1. The number of methoxy groups -OCH3 is 1. The largest absolute Gasteiger partial charge is 0.493 e. The van der Waals surface area contributed by atoms with Crippen molar-refractivity contribution >= 4 is 44.4 Å². The number of anilines is 1. The van der Waals surface area contributed by atoms with Crippen molar-refractivity contribution in [2.24, 2.45) is 0 Å². The van der Waals surface area contributed by atoms with Crippen molar-refractivity contribution in [3.05, 3.63) is 77.4 Å². The summed E-state index contributed by atoms with van der Waals surface area (Å²) < 4.78 is 18.6. The second-order valence-electron chi connectivity index (χ2n) is 10.8. The van der Waals surface area contributed by atoms with Crippen LogP contribution < -0.4 is 30.6 Å². The molecule has 4 aromatic rings. The molecule has 0 radical (unpaired) electrons. The molecule has 12 heteroatoms. The van der Waals surface area contributed by atoms with E-state index in [1.807, 2.05) is 42.5 Å². The number of carbonyl (C=O) groups excluding carboxylic acids is 3. The van der Waals surface area contributed by atoms with Crippen molar-refractivity contribution < 1.29 is 28.6 Å². The first-order valence-corrected chi connectivity index (χ1v) is 15.2. The Balaban J connectivity index is 1.23. The van der Waals surface area contributed by atoms with E-state index in [0.717, 1.165) is 15.8 Å². The average molecular weight is 616 g/mol. The van der Waals surface area contributed by atoms with Gasteiger partial charge in [-0.3, -0.25) is 14.4 Å². The van der Waals surface area contributed by atoms with Crippen LogP contribution in [0.25, 0.3) is 10.2 Å². The highest BCUT2D eigenvalue weighted by atomic mass is 32.1. The Bertz CT molecular complexity index is 1690. The number of amides is 3. The van der Waals surface area contributed by atoms with Crippen LogP contribution in [0.2, 0.25) is 0 Å². The van der Waals surface area contributed by atoms with Crippen LogP contribution in [0.1, 0.15) is 34.3 Å². The van der Waals surface area contributed by atoms with Crippen molar-refractivity contribution in [2.45, 2.75) is 38.0 Å². The van der Waals surface area contributed by atoms with E-state index in [4.69, 9.17) is 19.9 Å². The molecule has 2 atom stereocenters. The van der Waals surface area contributed by atoms with E-state index < -0.39 is 12.1 Å². The van der Waals surface area contributed by atoms with Gasteiger partial charge < -0.3 is 35.5 Å². The monoisotopic (exact) mass is 615 g/mol. The van der Waals surface area contributed by atoms with Crippen LogP contribution in [0.5, 0.6) is 17.2 Å². The Morgan fingerprint density at radius 2 is 1.86 bits per heavy atom. The zero-order valence-electron chi connectivity index (χ0n) is 24.2. The molecular weight excluding hydrogens is 582 g/mol. The summed E-state index contributed by atoms with van der Waals surface area (Å²) in [6.45, 7) is 0.825. The minimum Gasteiger partial charge on any atom is -0.493 e. The van der Waals surface area contributed by atoms with Crippen LogP contribution in [0.3, 0.4) is 0 Å². The van der Waals surface area contributed by atoms with Gasteiger partial charge >= 0.3 is 0 Å². The van der Waals surface area contributed by atoms with E-state index in [2.05, 4.69) is 15.6 Å². The van der Waals surface area contributed by atoms with E-state index in [-0.39, 0.29) is 30.9 Å². The summed E-state index contributed by atoms with van der Waals surface area (Å²) >= 11 is 1.37. The molecule has 0 unspecified atom stereocenters. The zero-order chi connectivity index (χ0) is 30.6. The summed E-state index contributed by atoms with van der Waals surface area (Å²) in [5.41, 5.74) is 8.88. The number of nitrogen functional groups attached to an aromatic ring is 1. The number of nitrogens with zero attached hydrogens (tertiary/aromatic N) is 2. The third-order valence-corrected chi connectivity index (χ3v) is 8.63. The first kappa shape index (κ1) is 29.2. The summed E-state index contributed by atoms with van der Waals surface area (Å²) in [6.07, 6.45) is 0.952. The fourth-order valence-electron chi connectivity index (χ4n) is 5.44. The number of thiazole rings is 1. The van der Waals surface area contributed by atoms with E-state index in [1.165, 1.54) is 18.4 Å². The summed E-state index contributed by atoms with van der Waals surface area (Å²) in [5.74, 6) is 0.936. The number of aromatic nitrogens is 1. The maximum atomic E-state index is 13.6. The molecule has 9 rings (SSSR count). The van der Waals surface area contributed by atoms with E-state index in [9.17, 15) is 14.4 Å². The van der Waals surface area contributed by atoms with Crippen molar-refractivity contribution in [1.29, 1.82) is 0 Å². The van der Waals surface area contributed by atoms with Gasteiger partial charge in [-0.05, 0) is 60.0 Å². The number of piperidine rings is 1. The highest BCUT2D eigenvalue weighted by Crippen LogP contribution is 2.29. The lowest BCUT2D eigenvalue weighted by Gasteiger charge is -2.39. The van der Waals surface area contributed by atoms with Crippen LogP contribution in [0, 0.1) is 0 Å². The van der Waals surface area contributed by atoms with Crippen LogP contribution in [0.4, 0.5) is 5.13 Å². The molecule has 3 aromatic carbocycles. The van der Waals surface area contributed by atoms with Gasteiger partial charge in [-0.15, -0.1) is 0 Å². The van der Waals surface area contributed by atoms with Crippen LogP contribution in [0.15, 0.2) is 60.7 Å². The Hall–Kier alpha value is -4.84. The minimum atomic E-state index is -0.503. The van der Waals surface area contributed by atoms with Crippen molar-refractivity contribution in [3.8, 4) is 17.2 Å². The number of nitrogens with one attached hydrogen (secondary N) is 2. The van der Waals surface area contributed by atoms with Crippen molar-refractivity contribution in [3.63, 3.8) is 0 Å². The summed E-state index contributed by atoms with van der Waals surface area (Å²) in [4.78, 5) is 45.2. The number of carbonyl (C=O) groups is 3. The molecule has 1 saturated heterocycles. The van der Waals surface area contributed by atoms with Crippen LogP contribution in [-0.4, -0.2) is 66.6 Å². The number of hydrogen-bond donors (Lipinski definition) is 3. The first-order chi connectivity index (χ1) is 21.3. The van der Waals surface area contributed by atoms with E-state index in [1.54, 1.807) is 23.1 Å². The number of fused-ring (bicyclic) bond motifs is 1. The quantitative estimate of drug-likeness (QED) is 0.312. The lowest BCUT2D eigenvalue weighted by Crippen LogP contribution is -2.58. The molecule has 4 bridgehead atoms. The average Bonchev–Trinajstić information content (AvgIpc) is 3.41. The van der Waals surface area contributed by atoms with Crippen molar-refractivity contribution in [1.82, 2.24) is 20.5 Å². The zero-order valence-corrected chi connectivity index (χ0v) is 25.0. The summed E-state index contributed by atoms with van der Waals surface area (Å²) in [5, 5.41) is 6.44. The molecule has 5 aliphatic heterocycles. The molecule has 44 heavy (non-hydrogen) atoms. The van der Waals surface area contributed by atoms with Gasteiger partial charge in [0.2, 0.25) is 5.91 Å². The first-order valence-electron chi connectivity index (χ1n) is 14.4. The fraction of sp³-hybridized carbons (Fsp3) is 0.312. The molecule has 0 saturated carbocycles. The lowest BCUT2D eigenvalue weighted by molar-refractivity contribution is -0.125. The van der Waals surface area contributed by atoms with Gasteiger partial charge in [0.05, 0.1) is 23.4 Å². The van der Waals surface area contributed by atoms with Gasteiger partial charge in [0, 0.05) is 38.0 Å². The van der Waals surface area contributed by atoms with Crippen molar-refractivity contribution in [2.75, 3.05) is 32.5 Å². The number of hydrogen-bond acceptors (Lipinski definition) is 9. The molecule has 0 spiro atoms. The molecule has 11 nitrogen and oxygen atoms in total. The third-order valence-electron chi connectivity index (χ3n) is 7.76. The molecule has 228 valence electrons. The normalized spacial score (nSPS) is 19.3. The smallest absolute Gasteiger partial charge is 0.258 e. The molecule has 3 amide bonds. The van der Waals surface area contributed by atoms with Crippen LogP contribution >= 0.6 is 11.3 Å². The van der Waals surface area contributed by atoms with E-state index in [0.29, 0.717) is 65.8 Å². The topological polar surface area (TPSA) is 145 Å². The molecule has 6 heterocycles. The third kappa shape index (κ3) is 6.70. The molecule has 4 N–H and O–H groups in total. The Kier molecular flexibility index (Phi) is 8.51. The fourth-order valence-corrected chi connectivity index (χ4v) is 6.16. The van der Waals surface area contributed by atoms with Crippen LogP contribution in [-0.2, 0) is 22.6 Å². The van der Waals surface area contributed by atoms with Gasteiger partial charge in [0.25, 0.3) is 11.8 Å². The molecule has 1 aromatic heterocycles. The second kappa shape index (κ2) is 12.8. The van der Waals surface area contributed by atoms with Gasteiger partial charge in [-0.1, -0.05) is 29.5 Å². The lowest BCUT2D eigenvalue weighted by atomic mass is 10.0. The van der Waals surface area contributed by atoms with Gasteiger partial charge in [0.15, 0.2) is 23.2 Å². The summed E-state index contributed by atoms with van der Waals surface area (Å²) in [6, 6.07) is 17.8. The predicted molar refractivity (Wildman–Crippen MR) is 166 cm³/mol. The Morgan fingerprint density at radius 1 is 1.05 bits per heavy atom. The Morgan fingerprint density at radius 3 is 2.68 bits per heavy atom. The maximum absolute atomic E-state index is 13.6. The number of ether oxygens (including phenoxy) is 3. The SMILES string of the molecule is COc1cc2ccc1OCC(=O)N[C@@H]1CN(C(=O)c3ccc4sc(N)nc4c3)CC[C@H]1Oc1ccc(cc1)CNC(=O)CC2. The van der Waals surface area contributed by atoms with E-state index >= 15 is 0 Å². The molecule has 0 aliphatic carbocycles. The predicted octanol–water partition coefficient (Wildman–Crippen LogP) is 3.31. The van der Waals surface area contributed by atoms with Gasteiger partial charge in [0.1, 0.15) is 11.9 Å². The highest BCUT2D eigenvalue weighted by Gasteiger charge is 2.35. The number of benzene rings is 3. The van der Waals surface area contributed by atoms with Gasteiger partial charge in [-0.25, -0.2) is 4.98 Å². The minimum absolute atomic E-state index is 0.0597. The highest BCUT2D eigenvalue weighted by molar-refractivity contribution is 7.22.